The first-order valence-corrected chi connectivity index (χ1v) is 8.01. The number of alkyl halides is 2. The molecule has 0 saturated carbocycles. The molecular formula is C18H15ClF2N2O4. The Morgan fingerprint density at radius 1 is 1.22 bits per heavy atom. The lowest BCUT2D eigenvalue weighted by Gasteiger charge is -2.12. The van der Waals surface area contributed by atoms with Gasteiger partial charge in [-0.15, -0.1) is 0 Å². The van der Waals surface area contributed by atoms with Gasteiger partial charge in [-0.05, 0) is 35.9 Å². The minimum atomic E-state index is -2.96. The smallest absolute Gasteiger partial charge is 0.387 e. The molecule has 0 aliphatic heterocycles. The van der Waals surface area contributed by atoms with Crippen LogP contribution in [0.25, 0.3) is 0 Å². The lowest BCUT2D eigenvalue weighted by molar-refractivity contribution is -0.123. The molecule has 2 aromatic rings. The zero-order valence-electron chi connectivity index (χ0n) is 14.2. The normalized spacial score (nSPS) is 10.2. The average molecular weight is 397 g/mol. The Balaban J connectivity index is 1.89. The lowest BCUT2D eigenvalue weighted by Crippen LogP contribution is -2.28. The number of ether oxygens (including phenoxy) is 3. The van der Waals surface area contributed by atoms with Crippen LogP contribution in [0.15, 0.2) is 36.4 Å². The predicted molar refractivity (Wildman–Crippen MR) is 93.1 cm³/mol. The van der Waals surface area contributed by atoms with E-state index in [9.17, 15) is 13.6 Å². The summed E-state index contributed by atoms with van der Waals surface area (Å²) in [5.41, 5.74) is 1.00. The Morgan fingerprint density at radius 2 is 1.96 bits per heavy atom. The van der Waals surface area contributed by atoms with Gasteiger partial charge in [0.2, 0.25) is 0 Å². The van der Waals surface area contributed by atoms with Gasteiger partial charge in [0.25, 0.3) is 5.91 Å². The van der Waals surface area contributed by atoms with Crippen LogP contribution >= 0.6 is 11.6 Å². The van der Waals surface area contributed by atoms with E-state index in [0.717, 1.165) is 0 Å². The second kappa shape index (κ2) is 9.59. The molecule has 1 amide bonds. The van der Waals surface area contributed by atoms with Crippen LogP contribution in [0.2, 0.25) is 5.02 Å². The minimum Gasteiger partial charge on any atom is -0.493 e. The van der Waals surface area contributed by atoms with Crippen LogP contribution in [-0.4, -0.2) is 26.2 Å². The fraction of sp³-hybridized carbons (Fsp3) is 0.222. The number of nitriles is 1. The average Bonchev–Trinajstić information content (AvgIpc) is 2.65. The number of carbonyl (C=O) groups is 1. The zero-order chi connectivity index (χ0) is 19.8. The molecular weight excluding hydrogens is 382 g/mol. The van der Waals surface area contributed by atoms with Crippen LogP contribution in [0.5, 0.6) is 17.2 Å². The van der Waals surface area contributed by atoms with Crippen LogP contribution in [0.4, 0.5) is 8.78 Å². The molecule has 9 heteroatoms. The van der Waals surface area contributed by atoms with E-state index in [1.807, 2.05) is 6.07 Å². The van der Waals surface area contributed by atoms with E-state index < -0.39 is 12.5 Å². The monoisotopic (exact) mass is 396 g/mol. The summed E-state index contributed by atoms with van der Waals surface area (Å²) in [4.78, 5) is 11.9. The van der Waals surface area contributed by atoms with Crippen molar-refractivity contribution in [1.29, 1.82) is 5.26 Å². The number of hydrogen-bond acceptors (Lipinski definition) is 5. The van der Waals surface area contributed by atoms with Crippen LogP contribution in [-0.2, 0) is 11.3 Å². The summed E-state index contributed by atoms with van der Waals surface area (Å²) in [6, 6.07) is 10.7. The third-order valence-electron chi connectivity index (χ3n) is 3.35. The van der Waals surface area contributed by atoms with Crippen molar-refractivity contribution in [3.05, 3.63) is 52.5 Å². The number of rotatable bonds is 8. The summed E-state index contributed by atoms with van der Waals surface area (Å²) in [5.74, 6) is -0.104. The number of nitrogens with one attached hydrogen (secondary N) is 1. The highest BCUT2D eigenvalue weighted by atomic mass is 35.5. The van der Waals surface area contributed by atoms with Crippen LogP contribution in [0, 0.1) is 11.3 Å². The molecule has 0 fully saturated rings. The second-order valence-electron chi connectivity index (χ2n) is 5.19. The van der Waals surface area contributed by atoms with Gasteiger partial charge < -0.3 is 19.5 Å². The summed E-state index contributed by atoms with van der Waals surface area (Å²) in [5, 5.41) is 11.6. The van der Waals surface area contributed by atoms with Gasteiger partial charge in [-0.25, -0.2) is 0 Å². The van der Waals surface area contributed by atoms with Crippen LogP contribution in [0.3, 0.4) is 0 Å². The quantitative estimate of drug-likeness (QED) is 0.738. The van der Waals surface area contributed by atoms with Crippen LogP contribution < -0.4 is 19.5 Å². The Morgan fingerprint density at radius 3 is 2.59 bits per heavy atom. The van der Waals surface area contributed by atoms with Crippen molar-refractivity contribution in [1.82, 2.24) is 5.32 Å². The Labute approximate surface area is 159 Å². The standard InChI is InChI=1S/C18H15ClF2N2O4/c1-25-16-7-12(3-5-15(16)27-18(20)21)9-23-17(24)10-26-14-4-2-11(8-22)6-13(14)19/h2-7,18H,9-10H2,1H3,(H,23,24). The Bertz CT molecular complexity index is 856. The largest absolute Gasteiger partial charge is 0.493 e. The topological polar surface area (TPSA) is 80.6 Å². The molecule has 0 radical (unpaired) electrons. The number of methoxy groups -OCH3 is 1. The summed E-state index contributed by atoms with van der Waals surface area (Å²) in [6.45, 7) is -3.11. The molecule has 6 nitrogen and oxygen atoms in total. The van der Waals surface area contributed by atoms with E-state index in [4.69, 9.17) is 26.3 Å². The molecule has 0 unspecified atom stereocenters. The van der Waals surface area contributed by atoms with Gasteiger partial charge in [0.1, 0.15) is 5.75 Å². The van der Waals surface area contributed by atoms with E-state index >= 15 is 0 Å². The Hall–Kier alpha value is -3.05. The molecule has 0 spiro atoms. The molecule has 2 rings (SSSR count). The van der Waals surface area contributed by atoms with E-state index in [0.29, 0.717) is 11.1 Å². The zero-order valence-corrected chi connectivity index (χ0v) is 14.9. The lowest BCUT2D eigenvalue weighted by atomic mass is 10.2. The molecule has 0 saturated heterocycles. The van der Waals surface area contributed by atoms with Crippen molar-refractivity contribution >= 4 is 17.5 Å². The van der Waals surface area contributed by atoms with E-state index in [1.54, 1.807) is 0 Å². The molecule has 0 aliphatic carbocycles. The molecule has 0 aromatic heterocycles. The van der Waals surface area contributed by atoms with Crippen molar-refractivity contribution < 1.29 is 27.8 Å². The number of amides is 1. The third kappa shape index (κ3) is 6.01. The van der Waals surface area contributed by atoms with Gasteiger partial charge in [0.15, 0.2) is 18.1 Å². The summed E-state index contributed by atoms with van der Waals surface area (Å²) in [6.07, 6.45) is 0. The SMILES string of the molecule is COc1cc(CNC(=O)COc2ccc(C#N)cc2Cl)ccc1OC(F)F. The molecule has 0 aliphatic rings. The highest BCUT2D eigenvalue weighted by Crippen LogP contribution is 2.29. The van der Waals surface area contributed by atoms with Gasteiger partial charge in [-0.2, -0.15) is 14.0 Å². The molecule has 27 heavy (non-hydrogen) atoms. The number of hydrogen-bond donors (Lipinski definition) is 1. The van der Waals surface area contributed by atoms with Crippen molar-refractivity contribution in [2.75, 3.05) is 13.7 Å². The van der Waals surface area contributed by atoms with Crippen molar-refractivity contribution in [2.45, 2.75) is 13.2 Å². The van der Waals surface area contributed by atoms with Gasteiger partial charge in [0.05, 0.1) is 23.8 Å². The number of nitrogens with zero attached hydrogens (tertiary/aromatic N) is 1. The maximum absolute atomic E-state index is 12.3. The first-order chi connectivity index (χ1) is 12.9. The van der Waals surface area contributed by atoms with E-state index in [2.05, 4.69) is 10.1 Å². The van der Waals surface area contributed by atoms with Crippen molar-refractivity contribution in [3.63, 3.8) is 0 Å². The molecule has 0 atom stereocenters. The van der Waals surface area contributed by atoms with Crippen molar-refractivity contribution in [2.24, 2.45) is 0 Å². The summed E-state index contributed by atoms with van der Waals surface area (Å²) >= 11 is 5.96. The van der Waals surface area contributed by atoms with E-state index in [-0.39, 0.29) is 35.4 Å². The molecule has 2 aromatic carbocycles. The fourth-order valence-electron chi connectivity index (χ4n) is 2.10. The van der Waals surface area contributed by atoms with Gasteiger partial charge in [-0.3, -0.25) is 4.79 Å². The highest BCUT2D eigenvalue weighted by molar-refractivity contribution is 6.32. The number of carbonyl (C=O) groups excluding carboxylic acids is 1. The molecule has 0 heterocycles. The molecule has 142 valence electrons. The highest BCUT2D eigenvalue weighted by Gasteiger charge is 2.12. The van der Waals surface area contributed by atoms with Gasteiger partial charge in [0, 0.05) is 6.54 Å². The molecule has 1 N–H and O–H groups in total. The first kappa shape index (κ1) is 20.3. The predicted octanol–water partition coefficient (Wildman–Crippen LogP) is 3.52. The van der Waals surface area contributed by atoms with Gasteiger partial charge in [-0.1, -0.05) is 17.7 Å². The maximum atomic E-state index is 12.3. The third-order valence-corrected chi connectivity index (χ3v) is 3.65. The van der Waals surface area contributed by atoms with E-state index in [1.165, 1.54) is 43.5 Å². The van der Waals surface area contributed by atoms with Crippen LogP contribution in [0.1, 0.15) is 11.1 Å². The first-order valence-electron chi connectivity index (χ1n) is 7.63. The Kier molecular flexibility index (Phi) is 7.20. The summed E-state index contributed by atoms with van der Waals surface area (Å²) in [7, 11) is 1.32. The number of benzene rings is 2. The fourth-order valence-corrected chi connectivity index (χ4v) is 2.33. The minimum absolute atomic E-state index is 0.0960. The second-order valence-corrected chi connectivity index (χ2v) is 5.59. The molecule has 0 bridgehead atoms. The van der Waals surface area contributed by atoms with Gasteiger partial charge >= 0.3 is 6.61 Å². The number of halogens is 3. The van der Waals surface area contributed by atoms with Crippen molar-refractivity contribution in [3.8, 4) is 23.3 Å². The maximum Gasteiger partial charge on any atom is 0.387 e. The summed E-state index contributed by atoms with van der Waals surface area (Å²) < 4.78 is 39.3.